The lowest BCUT2D eigenvalue weighted by Gasteiger charge is -2.40. The van der Waals surface area contributed by atoms with Crippen LogP contribution in [0.25, 0.3) is 10.9 Å². The van der Waals surface area contributed by atoms with Crippen molar-refractivity contribution in [2.24, 2.45) is 17.6 Å². The fourth-order valence-corrected chi connectivity index (χ4v) is 12.0. The summed E-state index contributed by atoms with van der Waals surface area (Å²) in [6, 6.07) is 35.7. The summed E-state index contributed by atoms with van der Waals surface area (Å²) in [7, 11) is 0. The predicted molar refractivity (Wildman–Crippen MR) is 309 cm³/mol. The Hall–Kier alpha value is -8.35. The summed E-state index contributed by atoms with van der Waals surface area (Å²) in [5.74, 6) is -3.51. The van der Waals surface area contributed by atoms with Gasteiger partial charge in [0.2, 0.25) is 29.5 Å². The Morgan fingerprint density at radius 3 is 2.09 bits per heavy atom. The van der Waals surface area contributed by atoms with Crippen LogP contribution in [-0.4, -0.2) is 125 Å². The second-order valence-electron chi connectivity index (χ2n) is 22.1. The molecule has 3 saturated heterocycles. The standard InChI is InChI=1S/C64H73N9O9/c65-27-30-67-64(80)82-50-36-56-61(77)69-53(24-21-41-11-3-1-4-12-41)60(76)70-54(33-48-37-68-52-18-10-9-17-51(48)52)58(74)35-47(31-43-25-28-66-29-26-43)59(75)71-55(32-42-19-22-49(23-20-42)81-40-44-13-5-2-6-14-44)62(78)72-38-46-16-8-7-15-45(46)34-57(72)63(79)73(56)39-50/h1-20,22-23,37,43,47,50,53-57,66,68H,21,24-36,38-40,65H2,(H,67,80)(H,69,77)(H,70,76)(H,71,75)/t47-,50-,53-,54+,55+,56+,57+/m1/s1. The van der Waals surface area contributed by atoms with E-state index in [1.165, 1.54) is 9.80 Å². The SMILES string of the molecule is NCCNC(=O)O[C@@H]1C[C@H]2C(=O)N[C@H](CCc3ccccc3)C(=O)N[C@@H](Cc3c[nH]c4ccccc34)C(=O)C[C@@H](CC3CCNCC3)C(=O)N[C@@H](Cc3ccc(OCc4ccccc4)cc3)C(=O)N3Cc4ccccc4C[C@H]3C(=O)N2C1. The lowest BCUT2D eigenvalue weighted by atomic mass is 9.83. The predicted octanol–water partition coefficient (Wildman–Crippen LogP) is 5.21. The minimum absolute atomic E-state index is 0.00438. The number of amides is 6. The van der Waals surface area contributed by atoms with Crippen LogP contribution in [0, 0.1) is 11.8 Å². The van der Waals surface area contributed by atoms with Gasteiger partial charge in [0.25, 0.3) is 0 Å². The van der Waals surface area contributed by atoms with Crippen LogP contribution in [0.4, 0.5) is 4.79 Å². The maximum atomic E-state index is 15.9. The highest BCUT2D eigenvalue weighted by atomic mass is 16.6. The molecule has 0 bridgehead atoms. The molecule has 6 amide bonds. The molecule has 0 spiro atoms. The van der Waals surface area contributed by atoms with Gasteiger partial charge in [-0.25, -0.2) is 4.79 Å². The Morgan fingerprint density at radius 2 is 1.33 bits per heavy atom. The third kappa shape index (κ3) is 14.2. The van der Waals surface area contributed by atoms with Gasteiger partial charge in [0.1, 0.15) is 42.6 Å². The number of rotatable bonds is 15. The van der Waals surface area contributed by atoms with E-state index in [0.29, 0.717) is 30.8 Å². The maximum absolute atomic E-state index is 15.9. The summed E-state index contributed by atoms with van der Waals surface area (Å²) < 4.78 is 12.0. The molecule has 82 heavy (non-hydrogen) atoms. The Kier molecular flexibility index (Phi) is 18.7. The number of para-hydroxylation sites is 1. The molecule has 0 unspecified atom stereocenters. The topological polar surface area (TPSA) is 246 Å². The number of benzene rings is 5. The highest BCUT2D eigenvalue weighted by Gasteiger charge is 2.48. The summed E-state index contributed by atoms with van der Waals surface area (Å²) in [6.07, 6.45) is 2.22. The van der Waals surface area contributed by atoms with Crippen LogP contribution in [0.3, 0.4) is 0 Å². The molecule has 1 aromatic heterocycles. The first-order valence-corrected chi connectivity index (χ1v) is 28.8. The van der Waals surface area contributed by atoms with Crippen molar-refractivity contribution in [3.63, 3.8) is 0 Å². The van der Waals surface area contributed by atoms with Gasteiger partial charge in [-0.15, -0.1) is 0 Å². The number of H-pyrrole nitrogens is 1. The number of ketones is 1. The van der Waals surface area contributed by atoms with Crippen LogP contribution in [-0.2, 0) is 72.3 Å². The van der Waals surface area contributed by atoms with E-state index in [2.05, 4.69) is 31.6 Å². The molecule has 428 valence electrons. The number of piperidine rings is 1. The number of fused-ring (bicyclic) bond motifs is 4. The third-order valence-electron chi connectivity index (χ3n) is 16.5. The highest BCUT2D eigenvalue weighted by Crippen LogP contribution is 2.32. The van der Waals surface area contributed by atoms with Gasteiger partial charge in [0.15, 0.2) is 5.78 Å². The normalized spacial score (nSPS) is 23.1. The molecule has 10 rings (SSSR count). The molecule has 18 nitrogen and oxygen atoms in total. The van der Waals surface area contributed by atoms with Crippen LogP contribution in [0.1, 0.15) is 71.9 Å². The number of alkyl carbamates (subject to hydrolysis) is 1. The molecule has 4 aliphatic rings. The summed E-state index contributed by atoms with van der Waals surface area (Å²) in [5, 5.41) is 16.1. The van der Waals surface area contributed by atoms with Gasteiger partial charge < -0.3 is 56.6 Å². The van der Waals surface area contributed by atoms with Gasteiger partial charge in [-0.2, -0.15) is 0 Å². The van der Waals surface area contributed by atoms with Crippen LogP contribution in [0.15, 0.2) is 140 Å². The number of hydrogen-bond donors (Lipinski definition) is 7. The van der Waals surface area contributed by atoms with Crippen molar-refractivity contribution in [3.05, 3.63) is 173 Å². The minimum Gasteiger partial charge on any atom is -0.489 e. The number of hydrogen-bond acceptors (Lipinski definition) is 11. The van der Waals surface area contributed by atoms with E-state index in [4.69, 9.17) is 15.2 Å². The summed E-state index contributed by atoms with van der Waals surface area (Å²) in [4.78, 5) is 112. The van der Waals surface area contributed by atoms with E-state index in [1.54, 1.807) is 0 Å². The maximum Gasteiger partial charge on any atom is 0.407 e. The number of aryl methyl sites for hydroxylation is 1. The average Bonchev–Trinajstić information content (AvgIpc) is 4.30. The number of carbonyl (C=O) groups is 7. The third-order valence-corrected chi connectivity index (χ3v) is 16.5. The molecule has 8 N–H and O–H groups in total. The summed E-state index contributed by atoms with van der Waals surface area (Å²) >= 11 is 0. The van der Waals surface area contributed by atoms with E-state index in [-0.39, 0.29) is 76.4 Å². The Morgan fingerprint density at radius 1 is 0.646 bits per heavy atom. The van der Waals surface area contributed by atoms with E-state index < -0.39 is 77.9 Å². The average molecular weight is 1110 g/mol. The van der Waals surface area contributed by atoms with Gasteiger partial charge in [-0.1, -0.05) is 115 Å². The minimum atomic E-state index is -1.27. The van der Waals surface area contributed by atoms with Gasteiger partial charge in [0.05, 0.1) is 12.6 Å². The number of nitrogens with zero attached hydrogens (tertiary/aromatic N) is 2. The molecular weight excluding hydrogens is 1040 g/mol. The quantitative estimate of drug-likeness (QED) is 0.0704. The van der Waals surface area contributed by atoms with E-state index in [9.17, 15) is 4.79 Å². The fraction of sp³-hybridized carbons (Fsp3) is 0.391. The van der Waals surface area contributed by atoms with Gasteiger partial charge >= 0.3 is 6.09 Å². The Balaban J connectivity index is 1.05. The van der Waals surface area contributed by atoms with Gasteiger partial charge in [0, 0.05) is 74.8 Å². The van der Waals surface area contributed by atoms with E-state index in [1.807, 2.05) is 140 Å². The molecule has 4 aliphatic heterocycles. The highest BCUT2D eigenvalue weighted by molar-refractivity contribution is 5.99. The summed E-state index contributed by atoms with van der Waals surface area (Å²) in [5.41, 5.74) is 11.5. The number of carbonyl (C=O) groups excluding carboxylic acids is 7. The second kappa shape index (κ2) is 26.9. The number of aromatic amines is 1. The van der Waals surface area contributed by atoms with Crippen molar-refractivity contribution >= 4 is 52.3 Å². The number of Topliss-reactive ketones (excluding diaryl/α,β-unsaturated/α-hetero) is 1. The van der Waals surface area contributed by atoms with Gasteiger partial charge in [-0.05, 0) is 103 Å². The molecule has 5 aromatic carbocycles. The first kappa shape index (κ1) is 56.9. The van der Waals surface area contributed by atoms with Crippen LogP contribution < -0.4 is 37.1 Å². The fourth-order valence-electron chi connectivity index (χ4n) is 12.0. The Labute approximate surface area is 477 Å². The number of ether oxygens (including phenoxy) is 2. The number of aromatic nitrogens is 1. The molecule has 18 heteroatoms. The van der Waals surface area contributed by atoms with Crippen LogP contribution >= 0.6 is 0 Å². The second-order valence-corrected chi connectivity index (χ2v) is 22.1. The number of nitrogens with one attached hydrogen (secondary N) is 6. The zero-order valence-electron chi connectivity index (χ0n) is 46.1. The van der Waals surface area contributed by atoms with Crippen molar-refractivity contribution in [3.8, 4) is 5.75 Å². The molecule has 5 heterocycles. The van der Waals surface area contributed by atoms with Crippen LogP contribution in [0.2, 0.25) is 0 Å². The van der Waals surface area contributed by atoms with E-state index >= 15 is 28.8 Å². The lowest BCUT2D eigenvalue weighted by molar-refractivity contribution is -0.151. The lowest BCUT2D eigenvalue weighted by Crippen LogP contribution is -2.61. The Bertz CT molecular complexity index is 3200. The van der Waals surface area contributed by atoms with Crippen molar-refractivity contribution in [1.29, 1.82) is 0 Å². The van der Waals surface area contributed by atoms with Gasteiger partial charge in [-0.3, -0.25) is 28.8 Å². The molecule has 3 fully saturated rings. The molecule has 0 radical (unpaired) electrons. The molecule has 6 aromatic rings. The zero-order chi connectivity index (χ0) is 57.0. The first-order valence-electron chi connectivity index (χ1n) is 28.8. The van der Waals surface area contributed by atoms with E-state index in [0.717, 1.165) is 64.7 Å². The van der Waals surface area contributed by atoms with Crippen LogP contribution in [0.5, 0.6) is 5.75 Å². The smallest absolute Gasteiger partial charge is 0.407 e. The zero-order valence-corrected chi connectivity index (χ0v) is 46.1. The number of nitrogens with two attached hydrogens (primary N) is 1. The van der Waals surface area contributed by atoms with Crippen molar-refractivity contribution in [1.82, 2.24) is 41.4 Å². The molecular formula is C64H73N9O9. The largest absolute Gasteiger partial charge is 0.489 e. The summed E-state index contributed by atoms with van der Waals surface area (Å²) in [6.45, 7) is 1.91. The molecule has 0 saturated carbocycles. The molecule has 7 atom stereocenters. The first-order chi connectivity index (χ1) is 40.0. The monoisotopic (exact) mass is 1110 g/mol. The van der Waals surface area contributed by atoms with Crippen molar-refractivity contribution in [2.75, 3.05) is 32.7 Å². The van der Waals surface area contributed by atoms with Crippen molar-refractivity contribution < 1.29 is 43.0 Å². The van der Waals surface area contributed by atoms with Crippen molar-refractivity contribution in [2.45, 2.75) is 114 Å². The molecule has 0 aliphatic carbocycles.